The number of amides is 1. The molecule has 2 aromatic carbocycles. The van der Waals surface area contributed by atoms with Gasteiger partial charge in [0, 0.05) is 6.20 Å². The summed E-state index contributed by atoms with van der Waals surface area (Å²) >= 11 is 1.29. The van der Waals surface area contributed by atoms with Crippen molar-refractivity contribution in [1.82, 2.24) is 14.5 Å². The monoisotopic (exact) mass is 414 g/mol. The van der Waals surface area contributed by atoms with Gasteiger partial charge in [0.15, 0.2) is 10.8 Å². The highest BCUT2D eigenvalue weighted by Crippen LogP contribution is 2.29. The molecule has 8 heteroatoms. The molecule has 0 spiro atoms. The number of hydrogen-bond acceptors (Lipinski definition) is 6. The highest BCUT2D eigenvalue weighted by Gasteiger charge is 2.24. The van der Waals surface area contributed by atoms with Gasteiger partial charge in [-0.2, -0.15) is 0 Å². The summed E-state index contributed by atoms with van der Waals surface area (Å²) in [5.41, 5.74) is 0.525. The molecule has 0 fully saturated rings. The normalized spacial score (nSPS) is 11.1. The Morgan fingerprint density at radius 3 is 2.57 bits per heavy atom. The van der Waals surface area contributed by atoms with Crippen LogP contribution in [0.1, 0.15) is 10.4 Å². The zero-order valence-electron chi connectivity index (χ0n) is 15.4. The molecule has 0 atom stereocenters. The van der Waals surface area contributed by atoms with E-state index in [4.69, 9.17) is 0 Å². The molecule has 7 nitrogen and oxygen atoms in total. The Morgan fingerprint density at radius 2 is 1.77 bits per heavy atom. The van der Waals surface area contributed by atoms with E-state index in [1.54, 1.807) is 36.4 Å². The average Bonchev–Trinajstić information content (AvgIpc) is 3.17. The predicted octanol–water partition coefficient (Wildman–Crippen LogP) is 3.95. The molecule has 30 heavy (non-hydrogen) atoms. The number of para-hydroxylation sites is 2. The number of nitrogens with one attached hydrogen (secondary N) is 1. The number of thiazole rings is 1. The molecule has 0 radical (unpaired) electrons. The molecule has 3 heterocycles. The van der Waals surface area contributed by atoms with Gasteiger partial charge in [0.05, 0.1) is 21.3 Å². The number of anilines is 1. The van der Waals surface area contributed by atoms with Gasteiger partial charge >= 0.3 is 0 Å². The number of rotatable bonds is 3. The van der Waals surface area contributed by atoms with Crippen molar-refractivity contribution in [3.63, 3.8) is 0 Å². The Kier molecular flexibility index (Phi) is 4.26. The third-order valence-electron chi connectivity index (χ3n) is 4.66. The molecule has 0 saturated heterocycles. The Balaban J connectivity index is 1.68. The predicted molar refractivity (Wildman–Crippen MR) is 117 cm³/mol. The van der Waals surface area contributed by atoms with Crippen LogP contribution in [-0.4, -0.2) is 25.5 Å². The first-order valence-electron chi connectivity index (χ1n) is 9.08. The first kappa shape index (κ1) is 18.0. The van der Waals surface area contributed by atoms with Crippen molar-refractivity contribution in [2.75, 3.05) is 5.32 Å². The molecule has 0 unspecified atom stereocenters. The highest BCUT2D eigenvalue weighted by molar-refractivity contribution is 7.22. The van der Waals surface area contributed by atoms with Crippen molar-refractivity contribution >= 4 is 43.6 Å². The van der Waals surface area contributed by atoms with Crippen LogP contribution in [0.25, 0.3) is 26.9 Å². The van der Waals surface area contributed by atoms with Crippen molar-refractivity contribution < 1.29 is 9.90 Å². The Bertz CT molecular complexity index is 1440. The lowest BCUT2D eigenvalue weighted by molar-refractivity contribution is 0.102. The minimum absolute atomic E-state index is 0.266. The number of aromatic nitrogens is 3. The molecule has 0 aliphatic heterocycles. The van der Waals surface area contributed by atoms with Crippen molar-refractivity contribution in [1.29, 1.82) is 0 Å². The number of pyridine rings is 2. The van der Waals surface area contributed by atoms with Crippen LogP contribution >= 0.6 is 11.3 Å². The van der Waals surface area contributed by atoms with Gasteiger partial charge in [-0.25, -0.2) is 9.97 Å². The van der Waals surface area contributed by atoms with E-state index < -0.39 is 17.2 Å². The van der Waals surface area contributed by atoms with Crippen molar-refractivity contribution in [2.45, 2.75) is 0 Å². The first-order chi connectivity index (χ1) is 14.6. The van der Waals surface area contributed by atoms with Crippen molar-refractivity contribution in [3.8, 4) is 11.4 Å². The lowest BCUT2D eigenvalue weighted by Crippen LogP contribution is -2.29. The summed E-state index contributed by atoms with van der Waals surface area (Å²) in [7, 11) is 0. The molecule has 0 saturated carbocycles. The van der Waals surface area contributed by atoms with Gasteiger partial charge in [0.1, 0.15) is 11.3 Å². The largest absolute Gasteiger partial charge is 0.506 e. The summed E-state index contributed by atoms with van der Waals surface area (Å²) in [6.07, 6.45) is 1.53. The number of fused-ring (bicyclic) bond motifs is 2. The van der Waals surface area contributed by atoms with Crippen LogP contribution < -0.4 is 10.9 Å². The quantitative estimate of drug-likeness (QED) is 0.466. The highest BCUT2D eigenvalue weighted by atomic mass is 32.1. The zero-order valence-corrected chi connectivity index (χ0v) is 16.3. The van der Waals surface area contributed by atoms with Crippen LogP contribution in [0.4, 0.5) is 5.13 Å². The van der Waals surface area contributed by atoms with E-state index in [9.17, 15) is 14.7 Å². The van der Waals surface area contributed by atoms with E-state index >= 15 is 0 Å². The van der Waals surface area contributed by atoms with Crippen LogP contribution in [0.15, 0.2) is 77.7 Å². The van der Waals surface area contributed by atoms with Gasteiger partial charge < -0.3 is 5.11 Å². The van der Waals surface area contributed by atoms with E-state index in [0.29, 0.717) is 16.2 Å². The van der Waals surface area contributed by atoms with E-state index in [1.807, 2.05) is 30.3 Å². The summed E-state index contributed by atoms with van der Waals surface area (Å²) in [5, 5.41) is 14.1. The molecular formula is C22H14N4O3S. The zero-order chi connectivity index (χ0) is 20.7. The van der Waals surface area contributed by atoms with Gasteiger partial charge in [-0.3, -0.25) is 19.5 Å². The number of benzene rings is 2. The van der Waals surface area contributed by atoms with Gasteiger partial charge in [0.25, 0.3) is 11.5 Å². The van der Waals surface area contributed by atoms with E-state index in [-0.39, 0.29) is 11.2 Å². The molecule has 5 rings (SSSR count). The Labute approximate surface area is 173 Å². The fourth-order valence-electron chi connectivity index (χ4n) is 3.31. The third-order valence-corrected chi connectivity index (χ3v) is 5.61. The molecule has 146 valence electrons. The topological polar surface area (TPSA) is 97.1 Å². The SMILES string of the molecule is O=C(Nc1nc2ccccc2s1)c1c(O)c2cccnc2n(-c2ccccc2)c1=O. The number of carbonyl (C=O) groups is 1. The Morgan fingerprint density at radius 1 is 1.00 bits per heavy atom. The lowest BCUT2D eigenvalue weighted by atomic mass is 10.1. The standard InChI is InChI=1S/C22H14N4O3S/c27-18-14-9-6-12-23-19(14)26(13-7-2-1-3-8-13)21(29)17(18)20(28)25-22-24-15-10-4-5-11-16(15)30-22/h1-12,27H,(H,24,25,28). The first-order valence-corrected chi connectivity index (χ1v) is 9.90. The summed E-state index contributed by atoms with van der Waals surface area (Å²) in [5.74, 6) is -1.14. The minimum atomic E-state index is -0.730. The van der Waals surface area contributed by atoms with Gasteiger partial charge in [-0.1, -0.05) is 41.7 Å². The lowest BCUT2D eigenvalue weighted by Gasteiger charge is -2.13. The van der Waals surface area contributed by atoms with Gasteiger partial charge in [-0.05, 0) is 36.4 Å². The van der Waals surface area contributed by atoms with Crippen LogP contribution in [-0.2, 0) is 0 Å². The number of nitrogens with zero attached hydrogens (tertiary/aromatic N) is 3. The Hall–Kier alpha value is -4.04. The molecular weight excluding hydrogens is 400 g/mol. The van der Waals surface area contributed by atoms with Crippen molar-refractivity contribution in [2.24, 2.45) is 0 Å². The maximum atomic E-state index is 13.3. The molecule has 1 amide bonds. The second kappa shape index (κ2) is 7.09. The maximum absolute atomic E-state index is 13.3. The molecule has 0 bridgehead atoms. The number of hydrogen-bond donors (Lipinski definition) is 2. The van der Waals surface area contributed by atoms with Gasteiger partial charge in [0.2, 0.25) is 0 Å². The second-order valence-electron chi connectivity index (χ2n) is 6.52. The molecule has 5 aromatic rings. The van der Waals surface area contributed by atoms with E-state index in [2.05, 4.69) is 15.3 Å². The van der Waals surface area contributed by atoms with E-state index in [1.165, 1.54) is 22.1 Å². The van der Waals surface area contributed by atoms with E-state index in [0.717, 1.165) is 10.2 Å². The number of aromatic hydroxyl groups is 1. The molecule has 2 N–H and O–H groups in total. The molecule has 0 aliphatic carbocycles. The summed E-state index contributed by atoms with van der Waals surface area (Å²) < 4.78 is 2.23. The summed E-state index contributed by atoms with van der Waals surface area (Å²) in [6, 6.07) is 19.6. The molecule has 3 aromatic heterocycles. The van der Waals surface area contributed by atoms with Crippen LogP contribution in [0.3, 0.4) is 0 Å². The van der Waals surface area contributed by atoms with Crippen LogP contribution in [0.5, 0.6) is 5.75 Å². The second-order valence-corrected chi connectivity index (χ2v) is 7.55. The minimum Gasteiger partial charge on any atom is -0.506 e. The molecule has 0 aliphatic rings. The van der Waals surface area contributed by atoms with Crippen LogP contribution in [0, 0.1) is 0 Å². The fraction of sp³-hybridized carbons (Fsp3) is 0. The smallest absolute Gasteiger partial charge is 0.273 e. The number of carbonyl (C=O) groups excluding carboxylic acids is 1. The maximum Gasteiger partial charge on any atom is 0.273 e. The fourth-order valence-corrected chi connectivity index (χ4v) is 4.17. The van der Waals surface area contributed by atoms with Gasteiger partial charge in [-0.15, -0.1) is 0 Å². The van der Waals surface area contributed by atoms with Crippen molar-refractivity contribution in [3.05, 3.63) is 88.8 Å². The average molecular weight is 414 g/mol. The summed E-state index contributed by atoms with van der Waals surface area (Å²) in [4.78, 5) is 34.9. The summed E-state index contributed by atoms with van der Waals surface area (Å²) in [6.45, 7) is 0. The van der Waals surface area contributed by atoms with Crippen LogP contribution in [0.2, 0.25) is 0 Å². The third kappa shape index (κ3) is 2.90.